The van der Waals surface area contributed by atoms with E-state index in [0.717, 1.165) is 11.4 Å². The van der Waals surface area contributed by atoms with Gasteiger partial charge in [-0.1, -0.05) is 0 Å². The smallest absolute Gasteiger partial charge is 0.175 e. The molecule has 1 fully saturated rings. The van der Waals surface area contributed by atoms with Gasteiger partial charge in [0.15, 0.2) is 9.84 Å². The third-order valence-corrected chi connectivity index (χ3v) is 4.28. The summed E-state index contributed by atoms with van der Waals surface area (Å²) in [6, 6.07) is 7.47. The van der Waals surface area contributed by atoms with Crippen molar-refractivity contribution in [3.05, 3.63) is 36.7 Å². The predicted octanol–water partition coefficient (Wildman–Crippen LogP) is 2.29. The molecule has 0 saturated heterocycles. The fraction of sp³-hybridized carbons (Fsp3) is 0.308. The lowest BCUT2D eigenvalue weighted by Crippen LogP contribution is -1.98. The van der Waals surface area contributed by atoms with Crippen LogP contribution >= 0.6 is 0 Å². The highest BCUT2D eigenvalue weighted by molar-refractivity contribution is 7.90. The molecule has 1 aliphatic rings. The summed E-state index contributed by atoms with van der Waals surface area (Å²) in [7, 11) is -3.13. The fourth-order valence-corrected chi connectivity index (χ4v) is 2.67. The molecule has 0 bridgehead atoms. The third-order valence-electron chi connectivity index (χ3n) is 3.15. The van der Waals surface area contributed by atoms with Gasteiger partial charge in [-0.15, -0.1) is 0 Å². The van der Waals surface area contributed by atoms with E-state index < -0.39 is 9.84 Å². The van der Waals surface area contributed by atoms with Crippen LogP contribution in [0.5, 0.6) is 0 Å². The summed E-state index contributed by atoms with van der Waals surface area (Å²) in [5, 5.41) is 0. The molecule has 0 amide bonds. The van der Waals surface area contributed by atoms with Gasteiger partial charge in [-0.3, -0.25) is 0 Å². The van der Waals surface area contributed by atoms with Crippen molar-refractivity contribution in [3.8, 4) is 11.4 Å². The van der Waals surface area contributed by atoms with Crippen LogP contribution in [0.2, 0.25) is 0 Å². The summed E-state index contributed by atoms with van der Waals surface area (Å²) in [6.45, 7) is 0. The van der Waals surface area contributed by atoms with Crippen molar-refractivity contribution in [2.24, 2.45) is 0 Å². The normalized spacial score (nSPS) is 15.8. The second kappa shape index (κ2) is 3.95. The van der Waals surface area contributed by atoms with Gasteiger partial charge >= 0.3 is 0 Å². The molecule has 0 unspecified atom stereocenters. The van der Waals surface area contributed by atoms with Gasteiger partial charge in [0.25, 0.3) is 0 Å². The first kappa shape index (κ1) is 11.5. The van der Waals surface area contributed by atoms with Crippen LogP contribution in [0, 0.1) is 0 Å². The molecule has 0 spiro atoms. The number of imidazole rings is 1. The van der Waals surface area contributed by atoms with Crippen molar-refractivity contribution in [3.63, 3.8) is 0 Å². The third kappa shape index (κ3) is 2.06. The number of hydrogen-bond donors (Lipinski definition) is 0. The average Bonchev–Trinajstić information content (AvgIpc) is 3.06. The first-order chi connectivity index (χ1) is 8.55. The first-order valence-electron chi connectivity index (χ1n) is 5.89. The van der Waals surface area contributed by atoms with Crippen LogP contribution < -0.4 is 0 Å². The van der Waals surface area contributed by atoms with Crippen molar-refractivity contribution in [2.45, 2.75) is 23.8 Å². The van der Waals surface area contributed by atoms with Gasteiger partial charge in [-0.25, -0.2) is 13.4 Å². The van der Waals surface area contributed by atoms with E-state index in [-0.39, 0.29) is 0 Å². The zero-order chi connectivity index (χ0) is 12.8. The highest BCUT2D eigenvalue weighted by Crippen LogP contribution is 2.37. The number of rotatable bonds is 3. The molecule has 1 saturated carbocycles. The molecular weight excluding hydrogens is 248 g/mol. The number of hydrogen-bond acceptors (Lipinski definition) is 3. The highest BCUT2D eigenvalue weighted by atomic mass is 32.2. The van der Waals surface area contributed by atoms with Crippen LogP contribution in [0.15, 0.2) is 41.6 Å². The quantitative estimate of drug-likeness (QED) is 0.852. The summed E-state index contributed by atoms with van der Waals surface area (Å²) in [4.78, 5) is 4.70. The standard InChI is InChI=1S/C13H14N2O2S/c1-18(16,17)12-6-2-10(3-7-12)13-14-8-9-15(13)11-4-5-11/h2-3,6-9,11H,4-5H2,1H3. The molecule has 5 heteroatoms. The van der Waals surface area contributed by atoms with Gasteiger partial charge in [-0.05, 0) is 37.1 Å². The van der Waals surface area contributed by atoms with E-state index in [2.05, 4.69) is 9.55 Å². The molecule has 18 heavy (non-hydrogen) atoms. The number of sulfone groups is 1. The fourth-order valence-electron chi connectivity index (χ4n) is 2.04. The van der Waals surface area contributed by atoms with Crippen molar-refractivity contribution >= 4 is 9.84 Å². The van der Waals surface area contributed by atoms with E-state index in [1.165, 1.54) is 19.1 Å². The van der Waals surface area contributed by atoms with E-state index in [1.807, 2.05) is 18.3 Å². The number of aromatic nitrogens is 2. The molecule has 1 aromatic carbocycles. The SMILES string of the molecule is CS(=O)(=O)c1ccc(-c2nccn2C2CC2)cc1. The number of benzene rings is 1. The molecule has 1 aromatic heterocycles. The molecule has 0 radical (unpaired) electrons. The lowest BCUT2D eigenvalue weighted by atomic mass is 10.2. The zero-order valence-corrected chi connectivity index (χ0v) is 10.9. The summed E-state index contributed by atoms with van der Waals surface area (Å²) in [5.41, 5.74) is 0.958. The minimum Gasteiger partial charge on any atom is -0.328 e. The molecule has 0 atom stereocenters. The Balaban J connectivity index is 2.00. The summed E-state index contributed by atoms with van der Waals surface area (Å²) < 4.78 is 25.0. The van der Waals surface area contributed by atoms with Crippen molar-refractivity contribution < 1.29 is 8.42 Å². The molecule has 0 N–H and O–H groups in total. The summed E-state index contributed by atoms with van der Waals surface area (Å²) >= 11 is 0. The Labute approximate surface area is 106 Å². The Bertz CT molecular complexity index is 667. The second-order valence-electron chi connectivity index (χ2n) is 4.69. The van der Waals surface area contributed by atoms with E-state index in [4.69, 9.17) is 0 Å². The van der Waals surface area contributed by atoms with Crippen LogP contribution in [-0.2, 0) is 9.84 Å². The molecule has 0 aliphatic heterocycles. The van der Waals surface area contributed by atoms with Crippen LogP contribution in [-0.4, -0.2) is 24.2 Å². The van der Waals surface area contributed by atoms with Crippen LogP contribution in [0.25, 0.3) is 11.4 Å². The van der Waals surface area contributed by atoms with Gasteiger partial charge in [-0.2, -0.15) is 0 Å². The average molecular weight is 262 g/mol. The van der Waals surface area contributed by atoms with Gasteiger partial charge in [0.05, 0.1) is 4.90 Å². The maximum atomic E-state index is 11.4. The van der Waals surface area contributed by atoms with Crippen LogP contribution in [0.3, 0.4) is 0 Å². The topological polar surface area (TPSA) is 52.0 Å². The van der Waals surface area contributed by atoms with Crippen molar-refractivity contribution in [1.82, 2.24) is 9.55 Å². The highest BCUT2D eigenvalue weighted by Gasteiger charge is 2.25. The summed E-state index contributed by atoms with van der Waals surface area (Å²) in [5.74, 6) is 0.914. The van der Waals surface area contributed by atoms with Gasteiger partial charge < -0.3 is 4.57 Å². The molecule has 1 heterocycles. The van der Waals surface area contributed by atoms with Gasteiger partial charge in [0.1, 0.15) is 5.82 Å². The predicted molar refractivity (Wildman–Crippen MR) is 69.0 cm³/mol. The second-order valence-corrected chi connectivity index (χ2v) is 6.70. The van der Waals surface area contributed by atoms with Gasteiger partial charge in [0, 0.05) is 30.3 Å². The maximum Gasteiger partial charge on any atom is 0.175 e. The van der Waals surface area contributed by atoms with E-state index in [1.54, 1.807) is 18.3 Å². The maximum absolute atomic E-state index is 11.4. The van der Waals surface area contributed by atoms with E-state index in [9.17, 15) is 8.42 Å². The van der Waals surface area contributed by atoms with Crippen molar-refractivity contribution in [1.29, 1.82) is 0 Å². The van der Waals surface area contributed by atoms with Crippen molar-refractivity contribution in [2.75, 3.05) is 6.26 Å². The minimum atomic E-state index is -3.13. The lowest BCUT2D eigenvalue weighted by molar-refractivity contribution is 0.602. The Morgan fingerprint density at radius 1 is 1.22 bits per heavy atom. The monoisotopic (exact) mass is 262 g/mol. The molecule has 2 aromatic rings. The van der Waals surface area contributed by atoms with E-state index in [0.29, 0.717) is 10.9 Å². The van der Waals surface area contributed by atoms with Crippen LogP contribution in [0.4, 0.5) is 0 Å². The van der Waals surface area contributed by atoms with E-state index >= 15 is 0 Å². The Hall–Kier alpha value is -1.62. The molecule has 4 nitrogen and oxygen atoms in total. The Kier molecular flexibility index (Phi) is 2.52. The molecule has 1 aliphatic carbocycles. The molecular formula is C13H14N2O2S. The zero-order valence-electron chi connectivity index (χ0n) is 10.1. The first-order valence-corrected chi connectivity index (χ1v) is 7.78. The summed E-state index contributed by atoms with van der Waals surface area (Å²) in [6.07, 6.45) is 7.39. The molecule has 3 rings (SSSR count). The lowest BCUT2D eigenvalue weighted by Gasteiger charge is -2.06. The Morgan fingerprint density at radius 2 is 1.89 bits per heavy atom. The Morgan fingerprint density at radius 3 is 2.44 bits per heavy atom. The van der Waals surface area contributed by atoms with Crippen LogP contribution in [0.1, 0.15) is 18.9 Å². The number of nitrogens with zero attached hydrogens (tertiary/aromatic N) is 2. The molecule has 94 valence electrons. The minimum absolute atomic E-state index is 0.343. The largest absolute Gasteiger partial charge is 0.328 e. The van der Waals surface area contributed by atoms with Gasteiger partial charge in [0.2, 0.25) is 0 Å².